The Balaban J connectivity index is 2.22. The van der Waals surface area contributed by atoms with Crippen molar-refractivity contribution in [3.63, 3.8) is 0 Å². The molecule has 0 amide bonds. The number of halogens is 2. The summed E-state index contributed by atoms with van der Waals surface area (Å²) in [4.78, 5) is 4.32. The molecule has 0 N–H and O–H groups in total. The fourth-order valence-electron chi connectivity index (χ4n) is 1.95. The zero-order chi connectivity index (χ0) is 12.5. The molecule has 0 fully saturated rings. The molecule has 0 spiro atoms. The van der Waals surface area contributed by atoms with Crippen LogP contribution in [-0.2, 0) is 0 Å². The molecule has 3 rings (SSSR count). The second-order valence-corrected chi connectivity index (χ2v) is 4.43. The van der Waals surface area contributed by atoms with Crippen LogP contribution in [0.4, 0.5) is 4.39 Å². The summed E-state index contributed by atoms with van der Waals surface area (Å²) in [7, 11) is 0. The van der Waals surface area contributed by atoms with Crippen molar-refractivity contribution in [2.24, 2.45) is 0 Å². The molecule has 0 aliphatic carbocycles. The van der Waals surface area contributed by atoms with Gasteiger partial charge in [0.15, 0.2) is 0 Å². The average Bonchev–Trinajstić information content (AvgIpc) is 2.41. The van der Waals surface area contributed by atoms with Crippen molar-refractivity contribution in [2.45, 2.75) is 0 Å². The first-order chi connectivity index (χ1) is 8.75. The van der Waals surface area contributed by atoms with E-state index in [0.29, 0.717) is 5.56 Å². The second-order valence-electron chi connectivity index (χ2n) is 4.02. The minimum absolute atomic E-state index is 0.126. The van der Waals surface area contributed by atoms with Gasteiger partial charge in [-0.25, -0.2) is 4.39 Å². The maximum absolute atomic E-state index is 13.9. The largest absolute Gasteiger partial charge is 0.256 e. The molecule has 0 aliphatic heterocycles. The van der Waals surface area contributed by atoms with Crippen molar-refractivity contribution in [2.75, 3.05) is 0 Å². The standard InChI is InChI=1S/C15H9ClFN/c16-13-6-3-5-12(15(13)17)11-8-10-4-1-2-7-14(10)18-9-11/h1-9H. The Kier molecular flexibility index (Phi) is 2.73. The molecule has 1 heterocycles. The van der Waals surface area contributed by atoms with Crippen LogP contribution in [0.5, 0.6) is 0 Å². The third-order valence-corrected chi connectivity index (χ3v) is 3.14. The van der Waals surface area contributed by atoms with Crippen LogP contribution in [-0.4, -0.2) is 4.98 Å². The highest BCUT2D eigenvalue weighted by atomic mass is 35.5. The van der Waals surface area contributed by atoms with Crippen molar-refractivity contribution in [3.05, 3.63) is 65.6 Å². The van der Waals surface area contributed by atoms with E-state index in [1.165, 1.54) is 6.07 Å². The number of rotatable bonds is 1. The predicted molar refractivity (Wildman–Crippen MR) is 72.1 cm³/mol. The molecular formula is C15H9ClFN. The van der Waals surface area contributed by atoms with Crippen LogP contribution in [0.3, 0.4) is 0 Å². The van der Waals surface area contributed by atoms with Crippen LogP contribution in [0.25, 0.3) is 22.0 Å². The quantitative estimate of drug-likeness (QED) is 0.616. The van der Waals surface area contributed by atoms with Gasteiger partial charge in [-0.05, 0) is 18.2 Å². The highest BCUT2D eigenvalue weighted by Crippen LogP contribution is 2.28. The topological polar surface area (TPSA) is 12.9 Å². The zero-order valence-electron chi connectivity index (χ0n) is 9.40. The van der Waals surface area contributed by atoms with E-state index < -0.39 is 5.82 Å². The van der Waals surface area contributed by atoms with Crippen molar-refractivity contribution in [1.82, 2.24) is 4.98 Å². The van der Waals surface area contributed by atoms with Gasteiger partial charge in [0.05, 0.1) is 10.5 Å². The summed E-state index contributed by atoms with van der Waals surface area (Å²) >= 11 is 5.79. The predicted octanol–water partition coefficient (Wildman–Crippen LogP) is 4.69. The smallest absolute Gasteiger partial charge is 0.149 e. The summed E-state index contributed by atoms with van der Waals surface area (Å²) in [6.07, 6.45) is 1.66. The first-order valence-electron chi connectivity index (χ1n) is 5.55. The van der Waals surface area contributed by atoms with E-state index in [1.807, 2.05) is 30.3 Å². The number of fused-ring (bicyclic) bond motifs is 1. The van der Waals surface area contributed by atoms with Crippen LogP contribution < -0.4 is 0 Å². The maximum atomic E-state index is 13.9. The summed E-state index contributed by atoms with van der Waals surface area (Å²) in [6, 6.07) is 14.6. The molecule has 0 saturated carbocycles. The van der Waals surface area contributed by atoms with E-state index >= 15 is 0 Å². The van der Waals surface area contributed by atoms with E-state index in [0.717, 1.165) is 16.5 Å². The molecule has 1 aromatic heterocycles. The van der Waals surface area contributed by atoms with Gasteiger partial charge in [0.25, 0.3) is 0 Å². The van der Waals surface area contributed by atoms with Gasteiger partial charge < -0.3 is 0 Å². The monoisotopic (exact) mass is 257 g/mol. The van der Waals surface area contributed by atoms with Gasteiger partial charge in [-0.3, -0.25) is 4.98 Å². The fraction of sp³-hybridized carbons (Fsp3) is 0. The number of hydrogen-bond donors (Lipinski definition) is 0. The van der Waals surface area contributed by atoms with Gasteiger partial charge in [0.1, 0.15) is 5.82 Å². The second kappa shape index (κ2) is 4.39. The SMILES string of the molecule is Fc1c(Cl)cccc1-c1cnc2ccccc2c1. The number of hydrogen-bond acceptors (Lipinski definition) is 1. The third-order valence-electron chi connectivity index (χ3n) is 2.85. The number of benzene rings is 2. The number of pyridine rings is 1. The Morgan fingerprint density at radius 1 is 1.00 bits per heavy atom. The molecule has 3 aromatic rings. The van der Waals surface area contributed by atoms with Crippen LogP contribution in [0.2, 0.25) is 5.02 Å². The summed E-state index contributed by atoms with van der Waals surface area (Å²) < 4.78 is 13.9. The fourth-order valence-corrected chi connectivity index (χ4v) is 2.12. The Morgan fingerprint density at radius 2 is 1.83 bits per heavy atom. The summed E-state index contributed by atoms with van der Waals surface area (Å²) in [5, 5.41) is 1.11. The van der Waals surface area contributed by atoms with Crippen LogP contribution in [0, 0.1) is 5.82 Å². The van der Waals surface area contributed by atoms with Gasteiger partial charge in [0.2, 0.25) is 0 Å². The Morgan fingerprint density at radius 3 is 2.72 bits per heavy atom. The highest BCUT2D eigenvalue weighted by molar-refractivity contribution is 6.31. The molecule has 0 bridgehead atoms. The molecule has 3 heteroatoms. The van der Waals surface area contributed by atoms with Crippen molar-refractivity contribution in [1.29, 1.82) is 0 Å². The van der Waals surface area contributed by atoms with E-state index in [4.69, 9.17) is 11.6 Å². The van der Waals surface area contributed by atoms with E-state index in [2.05, 4.69) is 4.98 Å². The molecule has 0 saturated heterocycles. The minimum atomic E-state index is -0.406. The van der Waals surface area contributed by atoms with Crippen LogP contribution in [0.15, 0.2) is 54.7 Å². The zero-order valence-corrected chi connectivity index (χ0v) is 10.2. The van der Waals surface area contributed by atoms with Crippen molar-refractivity contribution < 1.29 is 4.39 Å². The number of para-hydroxylation sites is 1. The molecular weight excluding hydrogens is 249 g/mol. The van der Waals surface area contributed by atoms with Gasteiger partial charge in [-0.15, -0.1) is 0 Å². The minimum Gasteiger partial charge on any atom is -0.256 e. The number of aromatic nitrogens is 1. The molecule has 88 valence electrons. The summed E-state index contributed by atoms with van der Waals surface area (Å²) in [5.41, 5.74) is 2.10. The molecule has 0 radical (unpaired) electrons. The maximum Gasteiger partial charge on any atom is 0.149 e. The molecule has 0 aliphatic rings. The molecule has 18 heavy (non-hydrogen) atoms. The van der Waals surface area contributed by atoms with Crippen molar-refractivity contribution >= 4 is 22.5 Å². The summed E-state index contributed by atoms with van der Waals surface area (Å²) in [6.45, 7) is 0. The normalized spacial score (nSPS) is 10.8. The molecule has 0 atom stereocenters. The van der Waals surface area contributed by atoms with Gasteiger partial charge >= 0.3 is 0 Å². The Labute approximate surface area is 109 Å². The lowest BCUT2D eigenvalue weighted by molar-refractivity contribution is 0.631. The summed E-state index contributed by atoms with van der Waals surface area (Å²) in [5.74, 6) is -0.406. The molecule has 1 nitrogen and oxygen atoms in total. The van der Waals surface area contributed by atoms with Gasteiger partial charge in [-0.1, -0.05) is 41.9 Å². The molecule has 2 aromatic carbocycles. The van der Waals surface area contributed by atoms with E-state index in [-0.39, 0.29) is 5.02 Å². The lowest BCUT2D eigenvalue weighted by Crippen LogP contribution is -1.87. The lowest BCUT2D eigenvalue weighted by Gasteiger charge is -2.05. The lowest BCUT2D eigenvalue weighted by atomic mass is 10.1. The van der Waals surface area contributed by atoms with Crippen LogP contribution >= 0.6 is 11.6 Å². The highest BCUT2D eigenvalue weighted by Gasteiger charge is 2.09. The molecule has 0 unspecified atom stereocenters. The Hall–Kier alpha value is -1.93. The Bertz CT molecular complexity index is 725. The first-order valence-corrected chi connectivity index (χ1v) is 5.93. The van der Waals surface area contributed by atoms with Crippen LogP contribution in [0.1, 0.15) is 0 Å². The van der Waals surface area contributed by atoms with Gasteiger partial charge in [0, 0.05) is 22.7 Å². The number of nitrogens with zero attached hydrogens (tertiary/aromatic N) is 1. The first kappa shape index (κ1) is 11.2. The third kappa shape index (κ3) is 1.85. The van der Waals surface area contributed by atoms with E-state index in [9.17, 15) is 4.39 Å². The van der Waals surface area contributed by atoms with Crippen molar-refractivity contribution in [3.8, 4) is 11.1 Å². The average molecular weight is 258 g/mol. The van der Waals surface area contributed by atoms with E-state index in [1.54, 1.807) is 18.3 Å². The van der Waals surface area contributed by atoms with Gasteiger partial charge in [-0.2, -0.15) is 0 Å².